The summed E-state index contributed by atoms with van der Waals surface area (Å²) in [7, 11) is 0. The summed E-state index contributed by atoms with van der Waals surface area (Å²) in [6, 6.07) is 10.7. The number of carbonyl (C=O) groups is 1. The Morgan fingerprint density at radius 3 is 2.82 bits per heavy atom. The van der Waals surface area contributed by atoms with Crippen molar-refractivity contribution in [2.45, 2.75) is 12.6 Å². The van der Waals surface area contributed by atoms with E-state index >= 15 is 0 Å². The van der Waals surface area contributed by atoms with Gasteiger partial charge in [0.25, 0.3) is 0 Å². The Morgan fingerprint density at radius 1 is 1.24 bits per heavy atom. The fourth-order valence-electron chi connectivity index (χ4n) is 2.73. The van der Waals surface area contributed by atoms with E-state index in [2.05, 4.69) is 39.8 Å². The Hall–Kier alpha value is -1.39. The van der Waals surface area contributed by atoms with Gasteiger partial charge in [0.1, 0.15) is 0 Å². The van der Waals surface area contributed by atoms with E-state index in [1.165, 1.54) is 5.56 Å². The fourth-order valence-corrected chi connectivity index (χ4v) is 2.73. The first-order chi connectivity index (χ1) is 8.33. The van der Waals surface area contributed by atoms with Crippen molar-refractivity contribution >= 4 is 5.91 Å². The van der Waals surface area contributed by atoms with E-state index in [1.807, 2.05) is 6.07 Å². The molecular formula is C13H17N3O. The van der Waals surface area contributed by atoms with E-state index in [-0.39, 0.29) is 11.8 Å². The van der Waals surface area contributed by atoms with Crippen LogP contribution in [-0.4, -0.2) is 36.6 Å². The van der Waals surface area contributed by atoms with Gasteiger partial charge >= 0.3 is 0 Å². The molecule has 0 aromatic heterocycles. The second kappa shape index (κ2) is 4.47. The molecule has 0 aliphatic carbocycles. The summed E-state index contributed by atoms with van der Waals surface area (Å²) in [6.07, 6.45) is 0. The zero-order chi connectivity index (χ0) is 11.7. The first-order valence-electron chi connectivity index (χ1n) is 6.10. The van der Waals surface area contributed by atoms with Crippen molar-refractivity contribution in [3.05, 3.63) is 35.9 Å². The summed E-state index contributed by atoms with van der Waals surface area (Å²) < 4.78 is 0. The molecule has 1 aromatic rings. The van der Waals surface area contributed by atoms with Crippen LogP contribution in [0.5, 0.6) is 0 Å². The van der Waals surface area contributed by atoms with Gasteiger partial charge in [0.15, 0.2) is 0 Å². The average Bonchev–Trinajstić information content (AvgIpc) is 2.74. The summed E-state index contributed by atoms with van der Waals surface area (Å²) in [5.74, 6) is 0.316. The zero-order valence-electron chi connectivity index (χ0n) is 9.73. The van der Waals surface area contributed by atoms with Crippen molar-refractivity contribution in [3.8, 4) is 0 Å². The number of benzene rings is 1. The molecule has 2 aliphatic heterocycles. The predicted octanol–water partition coefficient (Wildman–Crippen LogP) is 0.164. The van der Waals surface area contributed by atoms with Crippen LogP contribution < -0.4 is 10.6 Å². The number of hydrogen-bond acceptors (Lipinski definition) is 3. The van der Waals surface area contributed by atoms with E-state index in [9.17, 15) is 4.79 Å². The molecule has 0 radical (unpaired) electrons. The number of carbonyl (C=O) groups excluding carboxylic acids is 1. The van der Waals surface area contributed by atoms with Gasteiger partial charge in [-0.15, -0.1) is 0 Å². The second-order valence-corrected chi connectivity index (χ2v) is 4.81. The highest BCUT2D eigenvalue weighted by molar-refractivity contribution is 5.80. The van der Waals surface area contributed by atoms with Gasteiger partial charge in [-0.25, -0.2) is 0 Å². The Morgan fingerprint density at radius 2 is 2.06 bits per heavy atom. The van der Waals surface area contributed by atoms with Crippen molar-refractivity contribution in [1.29, 1.82) is 0 Å². The van der Waals surface area contributed by atoms with Crippen LogP contribution in [0.1, 0.15) is 5.56 Å². The number of likely N-dealkylation sites (tertiary alicyclic amines) is 1. The molecule has 0 spiro atoms. The maximum Gasteiger partial charge on any atom is 0.227 e. The minimum atomic E-state index is 0.118. The first kappa shape index (κ1) is 10.7. The molecular weight excluding hydrogens is 214 g/mol. The van der Waals surface area contributed by atoms with Crippen LogP contribution in [0.2, 0.25) is 0 Å². The van der Waals surface area contributed by atoms with Gasteiger partial charge in [-0.05, 0) is 5.56 Å². The molecule has 0 saturated carbocycles. The molecule has 90 valence electrons. The third kappa shape index (κ3) is 2.18. The van der Waals surface area contributed by atoms with Crippen LogP contribution in [-0.2, 0) is 11.3 Å². The van der Waals surface area contributed by atoms with Gasteiger partial charge in [0.05, 0.1) is 12.6 Å². The number of fused-ring (bicyclic) bond motifs is 1. The maximum absolute atomic E-state index is 11.7. The molecule has 2 saturated heterocycles. The lowest BCUT2D eigenvalue weighted by atomic mass is 10.0. The van der Waals surface area contributed by atoms with Crippen molar-refractivity contribution < 1.29 is 4.79 Å². The van der Waals surface area contributed by atoms with Crippen LogP contribution in [0.25, 0.3) is 0 Å². The summed E-state index contributed by atoms with van der Waals surface area (Å²) in [5.41, 5.74) is 1.31. The Labute approximate surface area is 101 Å². The predicted molar refractivity (Wildman–Crippen MR) is 65.1 cm³/mol. The van der Waals surface area contributed by atoms with Crippen molar-refractivity contribution in [2.75, 3.05) is 19.8 Å². The molecule has 1 amide bonds. The van der Waals surface area contributed by atoms with Gasteiger partial charge in [-0.1, -0.05) is 30.3 Å². The van der Waals surface area contributed by atoms with E-state index in [0.29, 0.717) is 12.7 Å². The first-order valence-corrected chi connectivity index (χ1v) is 6.10. The molecule has 3 rings (SSSR count). The van der Waals surface area contributed by atoms with Crippen molar-refractivity contribution in [2.24, 2.45) is 5.92 Å². The minimum Gasteiger partial charge on any atom is -0.343 e. The Bertz CT molecular complexity index is 406. The Balaban J connectivity index is 1.66. The standard InChI is InChI=1S/C13H17N3O/c17-13-11-7-16(8-12(11)14-9-15-13)6-10-4-2-1-3-5-10/h1-5,11-12,14H,6-9H2,(H,15,17). The quantitative estimate of drug-likeness (QED) is 0.762. The fraction of sp³-hybridized carbons (Fsp3) is 0.462. The molecule has 2 atom stereocenters. The van der Waals surface area contributed by atoms with Crippen LogP contribution in [0.3, 0.4) is 0 Å². The van der Waals surface area contributed by atoms with E-state index < -0.39 is 0 Å². The van der Waals surface area contributed by atoms with Gasteiger partial charge < -0.3 is 5.32 Å². The van der Waals surface area contributed by atoms with Crippen LogP contribution in [0, 0.1) is 5.92 Å². The molecule has 1 aromatic carbocycles. The highest BCUT2D eigenvalue weighted by Gasteiger charge is 2.39. The Kier molecular flexibility index (Phi) is 2.82. The molecule has 2 unspecified atom stereocenters. The number of rotatable bonds is 2. The maximum atomic E-state index is 11.7. The van der Waals surface area contributed by atoms with Crippen LogP contribution in [0.4, 0.5) is 0 Å². The third-order valence-electron chi connectivity index (χ3n) is 3.61. The minimum absolute atomic E-state index is 0.118. The monoisotopic (exact) mass is 231 g/mol. The lowest BCUT2D eigenvalue weighted by Gasteiger charge is -2.25. The lowest BCUT2D eigenvalue weighted by molar-refractivity contribution is -0.126. The smallest absolute Gasteiger partial charge is 0.227 e. The van der Waals surface area contributed by atoms with Gasteiger partial charge in [0.2, 0.25) is 5.91 Å². The van der Waals surface area contributed by atoms with Crippen LogP contribution >= 0.6 is 0 Å². The second-order valence-electron chi connectivity index (χ2n) is 4.81. The molecule has 4 nitrogen and oxygen atoms in total. The van der Waals surface area contributed by atoms with Crippen LogP contribution in [0.15, 0.2) is 30.3 Å². The number of amides is 1. The molecule has 2 aliphatic rings. The molecule has 0 bridgehead atoms. The van der Waals surface area contributed by atoms with E-state index in [0.717, 1.165) is 19.6 Å². The third-order valence-corrected chi connectivity index (χ3v) is 3.61. The van der Waals surface area contributed by atoms with E-state index in [1.54, 1.807) is 0 Å². The molecule has 4 heteroatoms. The molecule has 2 heterocycles. The van der Waals surface area contributed by atoms with Crippen molar-refractivity contribution in [3.63, 3.8) is 0 Å². The average molecular weight is 231 g/mol. The summed E-state index contributed by atoms with van der Waals surface area (Å²) >= 11 is 0. The zero-order valence-corrected chi connectivity index (χ0v) is 9.73. The number of nitrogens with zero attached hydrogens (tertiary/aromatic N) is 1. The van der Waals surface area contributed by atoms with Crippen molar-refractivity contribution in [1.82, 2.24) is 15.5 Å². The highest BCUT2D eigenvalue weighted by atomic mass is 16.2. The normalized spacial score (nSPS) is 28.8. The lowest BCUT2D eigenvalue weighted by Crippen LogP contribution is -2.54. The molecule has 2 fully saturated rings. The highest BCUT2D eigenvalue weighted by Crippen LogP contribution is 2.21. The topological polar surface area (TPSA) is 44.4 Å². The van der Waals surface area contributed by atoms with E-state index in [4.69, 9.17) is 0 Å². The van der Waals surface area contributed by atoms with Gasteiger partial charge in [-0.3, -0.25) is 15.0 Å². The molecule has 2 N–H and O–H groups in total. The number of hydrogen-bond donors (Lipinski definition) is 2. The number of nitrogens with one attached hydrogen (secondary N) is 2. The van der Waals surface area contributed by atoms with Gasteiger partial charge in [-0.2, -0.15) is 0 Å². The summed E-state index contributed by atoms with van der Waals surface area (Å²) in [6.45, 7) is 3.37. The summed E-state index contributed by atoms with van der Waals surface area (Å²) in [5, 5.41) is 6.21. The largest absolute Gasteiger partial charge is 0.343 e. The van der Waals surface area contributed by atoms with Gasteiger partial charge in [0, 0.05) is 25.7 Å². The summed E-state index contributed by atoms with van der Waals surface area (Å²) in [4.78, 5) is 14.0. The SMILES string of the molecule is O=C1NCNC2CN(Cc3ccccc3)CC12. The molecule has 17 heavy (non-hydrogen) atoms.